The van der Waals surface area contributed by atoms with Gasteiger partial charge in [-0.05, 0) is 44.1 Å². The average Bonchev–Trinajstić information content (AvgIpc) is 3.20. The molecule has 0 aliphatic heterocycles. The first kappa shape index (κ1) is 15.8. The van der Waals surface area contributed by atoms with Crippen molar-refractivity contribution in [2.24, 2.45) is 23.5 Å². The van der Waals surface area contributed by atoms with E-state index >= 15 is 0 Å². The molecule has 20 heavy (non-hydrogen) atoms. The maximum atomic E-state index is 12.2. The molecule has 0 aromatic rings. The normalized spacial score (nSPS) is 32.1. The minimum absolute atomic E-state index is 0.164. The van der Waals surface area contributed by atoms with Crippen LogP contribution in [0.25, 0.3) is 0 Å². The van der Waals surface area contributed by atoms with Crippen molar-refractivity contribution < 1.29 is 4.79 Å². The van der Waals surface area contributed by atoms with Crippen molar-refractivity contribution >= 4 is 5.91 Å². The molecule has 2 rings (SSSR count). The Kier molecular flexibility index (Phi) is 5.44. The van der Waals surface area contributed by atoms with Crippen molar-refractivity contribution in [3.63, 3.8) is 0 Å². The third kappa shape index (κ3) is 3.95. The van der Waals surface area contributed by atoms with Gasteiger partial charge in [0.05, 0.1) is 6.54 Å². The smallest absolute Gasteiger partial charge is 0.234 e. The number of hydrogen-bond donors (Lipinski definition) is 2. The summed E-state index contributed by atoms with van der Waals surface area (Å²) >= 11 is 0. The number of rotatable bonds is 6. The predicted octanol–water partition coefficient (Wildman–Crippen LogP) is 1.60. The summed E-state index contributed by atoms with van der Waals surface area (Å²) in [5.74, 6) is 2.19. The number of hydrogen-bond acceptors (Lipinski definition) is 3. The fourth-order valence-electron chi connectivity index (χ4n) is 3.60. The Labute approximate surface area is 123 Å². The molecule has 0 saturated heterocycles. The van der Waals surface area contributed by atoms with E-state index in [9.17, 15) is 4.79 Å². The fourth-order valence-corrected chi connectivity index (χ4v) is 3.60. The minimum Gasteiger partial charge on any atom is -0.352 e. The fraction of sp³-hybridized carbons (Fsp3) is 0.938. The largest absolute Gasteiger partial charge is 0.352 e. The van der Waals surface area contributed by atoms with Gasteiger partial charge in [-0.25, -0.2) is 0 Å². The second kappa shape index (κ2) is 6.90. The van der Waals surface area contributed by atoms with Gasteiger partial charge >= 0.3 is 0 Å². The van der Waals surface area contributed by atoms with Crippen LogP contribution in [0.1, 0.15) is 46.0 Å². The summed E-state index contributed by atoms with van der Waals surface area (Å²) < 4.78 is 0. The summed E-state index contributed by atoms with van der Waals surface area (Å²) in [6.45, 7) is 5.71. The molecule has 0 aromatic carbocycles. The maximum absolute atomic E-state index is 12.2. The molecule has 4 nitrogen and oxygen atoms in total. The molecule has 4 atom stereocenters. The molecule has 4 unspecified atom stereocenters. The van der Waals surface area contributed by atoms with Gasteiger partial charge in [-0.3, -0.25) is 9.69 Å². The molecule has 0 bridgehead atoms. The molecule has 0 radical (unpaired) electrons. The van der Waals surface area contributed by atoms with E-state index in [0.717, 1.165) is 12.3 Å². The van der Waals surface area contributed by atoms with Crippen molar-refractivity contribution in [3.8, 4) is 0 Å². The van der Waals surface area contributed by atoms with E-state index < -0.39 is 0 Å². The molecular formula is C16H31N3O. The number of amides is 1. The van der Waals surface area contributed by atoms with Crippen LogP contribution in [0.5, 0.6) is 0 Å². The third-order valence-electron chi connectivity index (χ3n) is 5.42. The highest BCUT2D eigenvalue weighted by Gasteiger charge is 2.34. The number of likely N-dealkylation sites (N-methyl/N-ethyl adjacent to an activating group) is 1. The van der Waals surface area contributed by atoms with Crippen molar-refractivity contribution in [1.29, 1.82) is 0 Å². The second-order valence-corrected chi connectivity index (χ2v) is 7.00. The number of nitrogens with zero attached hydrogens (tertiary/aromatic N) is 1. The van der Waals surface area contributed by atoms with Gasteiger partial charge < -0.3 is 11.1 Å². The summed E-state index contributed by atoms with van der Waals surface area (Å²) in [4.78, 5) is 14.4. The first-order valence-electron chi connectivity index (χ1n) is 8.22. The number of nitrogens with one attached hydrogen (secondary N) is 1. The topological polar surface area (TPSA) is 58.4 Å². The van der Waals surface area contributed by atoms with E-state index in [1.54, 1.807) is 0 Å². The Hall–Kier alpha value is -0.610. The number of carbonyl (C=O) groups is 1. The summed E-state index contributed by atoms with van der Waals surface area (Å²) in [6.07, 6.45) is 6.20. The average molecular weight is 281 g/mol. The predicted molar refractivity (Wildman–Crippen MR) is 82.3 cm³/mol. The Bertz CT molecular complexity index is 330. The summed E-state index contributed by atoms with van der Waals surface area (Å²) in [5, 5.41) is 3.25. The molecule has 0 heterocycles. The first-order valence-corrected chi connectivity index (χ1v) is 8.22. The van der Waals surface area contributed by atoms with E-state index in [0.29, 0.717) is 37.0 Å². The highest BCUT2D eigenvalue weighted by molar-refractivity contribution is 5.78. The zero-order valence-corrected chi connectivity index (χ0v) is 13.3. The molecule has 3 N–H and O–H groups in total. The molecule has 2 aliphatic rings. The minimum atomic E-state index is 0.164. The molecule has 0 aromatic heterocycles. The van der Waals surface area contributed by atoms with Crippen LogP contribution in [0.15, 0.2) is 0 Å². The van der Waals surface area contributed by atoms with Crippen LogP contribution in [-0.4, -0.2) is 43.0 Å². The Morgan fingerprint density at radius 3 is 2.60 bits per heavy atom. The van der Waals surface area contributed by atoms with E-state index in [1.807, 2.05) is 7.05 Å². The summed E-state index contributed by atoms with van der Waals surface area (Å²) in [7, 11) is 2.03. The molecule has 2 saturated carbocycles. The van der Waals surface area contributed by atoms with Crippen LogP contribution in [0.4, 0.5) is 0 Å². The highest BCUT2D eigenvalue weighted by Crippen LogP contribution is 2.34. The van der Waals surface area contributed by atoms with Gasteiger partial charge in [0.1, 0.15) is 0 Å². The van der Waals surface area contributed by atoms with Gasteiger partial charge in [-0.15, -0.1) is 0 Å². The first-order chi connectivity index (χ1) is 9.52. The lowest BCUT2D eigenvalue weighted by Gasteiger charge is -2.35. The zero-order chi connectivity index (χ0) is 14.7. The van der Waals surface area contributed by atoms with Crippen LogP contribution in [-0.2, 0) is 4.79 Å². The van der Waals surface area contributed by atoms with Crippen LogP contribution in [0, 0.1) is 17.8 Å². The number of carbonyl (C=O) groups excluding carboxylic acids is 1. The quantitative estimate of drug-likeness (QED) is 0.777. The zero-order valence-electron chi connectivity index (χ0n) is 13.3. The molecule has 1 amide bonds. The van der Waals surface area contributed by atoms with Crippen molar-refractivity contribution in [3.05, 3.63) is 0 Å². The Morgan fingerprint density at radius 2 is 2.00 bits per heavy atom. The monoisotopic (exact) mass is 281 g/mol. The Balaban J connectivity index is 1.79. The lowest BCUT2D eigenvalue weighted by molar-refractivity contribution is -0.123. The van der Waals surface area contributed by atoms with Gasteiger partial charge in [0.2, 0.25) is 5.91 Å². The Morgan fingerprint density at radius 1 is 1.30 bits per heavy atom. The highest BCUT2D eigenvalue weighted by atomic mass is 16.2. The van der Waals surface area contributed by atoms with Gasteiger partial charge in [0.15, 0.2) is 0 Å². The third-order valence-corrected chi connectivity index (χ3v) is 5.42. The van der Waals surface area contributed by atoms with Crippen molar-refractivity contribution in [2.45, 2.75) is 58.0 Å². The second-order valence-electron chi connectivity index (χ2n) is 7.00. The SMILES string of the molecule is CC1CCCC(NC(=O)CN(C)C(CN)C2CC2)C1C. The molecule has 2 fully saturated rings. The summed E-state index contributed by atoms with van der Waals surface area (Å²) in [5.41, 5.74) is 5.84. The van der Waals surface area contributed by atoms with Gasteiger partial charge in [0, 0.05) is 18.6 Å². The molecule has 2 aliphatic carbocycles. The molecule has 4 heteroatoms. The maximum Gasteiger partial charge on any atom is 0.234 e. The van der Waals surface area contributed by atoms with Gasteiger partial charge in [-0.1, -0.05) is 26.7 Å². The molecule has 0 spiro atoms. The molecular weight excluding hydrogens is 250 g/mol. The van der Waals surface area contributed by atoms with Crippen molar-refractivity contribution in [1.82, 2.24) is 10.2 Å². The van der Waals surface area contributed by atoms with Crippen LogP contribution in [0.2, 0.25) is 0 Å². The van der Waals surface area contributed by atoms with E-state index in [-0.39, 0.29) is 5.91 Å². The van der Waals surface area contributed by atoms with Crippen LogP contribution in [0.3, 0.4) is 0 Å². The van der Waals surface area contributed by atoms with E-state index in [1.165, 1.54) is 25.7 Å². The van der Waals surface area contributed by atoms with Gasteiger partial charge in [-0.2, -0.15) is 0 Å². The lowest BCUT2D eigenvalue weighted by atomic mass is 9.78. The summed E-state index contributed by atoms with van der Waals surface area (Å²) in [6, 6.07) is 0.736. The van der Waals surface area contributed by atoms with Crippen LogP contribution < -0.4 is 11.1 Å². The molecule has 116 valence electrons. The van der Waals surface area contributed by atoms with Crippen molar-refractivity contribution in [2.75, 3.05) is 20.1 Å². The van der Waals surface area contributed by atoms with Gasteiger partial charge in [0.25, 0.3) is 0 Å². The van der Waals surface area contributed by atoms with Crippen LogP contribution >= 0.6 is 0 Å². The van der Waals surface area contributed by atoms with E-state index in [4.69, 9.17) is 5.73 Å². The lowest BCUT2D eigenvalue weighted by Crippen LogP contribution is -2.49. The standard InChI is InChI=1S/C16H31N3O/c1-11-5-4-6-14(12(11)2)18-16(20)10-19(3)15(9-17)13-7-8-13/h11-15H,4-10,17H2,1-3H3,(H,18,20). The van der Waals surface area contributed by atoms with E-state index in [2.05, 4.69) is 24.1 Å². The number of nitrogens with two attached hydrogens (primary N) is 1.